The fraction of sp³-hybridized carbons (Fsp3) is 0.400. The van der Waals surface area contributed by atoms with E-state index in [0.29, 0.717) is 11.2 Å². The average molecular weight is 458 g/mol. The van der Waals surface area contributed by atoms with Gasteiger partial charge in [-0.25, -0.2) is 0 Å². The maximum absolute atomic E-state index is 9.58. The molecule has 4 nitrogen and oxygen atoms in total. The van der Waals surface area contributed by atoms with Gasteiger partial charge in [0.25, 0.3) is 0 Å². The average Bonchev–Trinajstić information content (AvgIpc) is 3.46. The van der Waals surface area contributed by atoms with E-state index < -0.39 is 6.10 Å². The number of aliphatic hydroxyl groups is 2. The molecule has 0 aliphatic heterocycles. The molecule has 1 saturated carbocycles. The van der Waals surface area contributed by atoms with E-state index >= 15 is 0 Å². The molecule has 0 bridgehead atoms. The zero-order chi connectivity index (χ0) is 23.9. The number of fused-ring (bicyclic) bond motifs is 1. The molecule has 0 unspecified atom stereocenters. The summed E-state index contributed by atoms with van der Waals surface area (Å²) in [7, 11) is 0. The molecule has 0 amide bonds. The van der Waals surface area contributed by atoms with E-state index in [-0.39, 0.29) is 13.2 Å². The Labute approximate surface area is 202 Å². The van der Waals surface area contributed by atoms with Crippen LogP contribution in [0.4, 0.5) is 5.69 Å². The van der Waals surface area contributed by atoms with E-state index in [9.17, 15) is 5.11 Å². The minimum atomic E-state index is -0.868. The summed E-state index contributed by atoms with van der Waals surface area (Å²) in [5.74, 6) is 0.714. The first-order valence-electron chi connectivity index (χ1n) is 12.3. The maximum atomic E-state index is 9.58. The molecule has 178 valence electrons. The molecule has 1 atom stereocenters. The Bertz CT molecular complexity index is 1190. The van der Waals surface area contributed by atoms with Crippen molar-refractivity contribution in [2.45, 2.75) is 59.1 Å². The van der Waals surface area contributed by atoms with E-state index in [2.05, 4.69) is 62.5 Å². The van der Waals surface area contributed by atoms with Crippen LogP contribution in [0.2, 0.25) is 0 Å². The predicted molar refractivity (Wildman–Crippen MR) is 138 cm³/mol. The first kappa shape index (κ1) is 22.9. The Balaban J connectivity index is 1.33. The third-order valence-electron chi connectivity index (χ3n) is 7.65. The molecule has 4 heteroatoms. The molecule has 0 heterocycles. The number of ether oxygens (including phenoxy) is 1. The number of anilines is 1. The van der Waals surface area contributed by atoms with Gasteiger partial charge in [0.2, 0.25) is 0 Å². The number of rotatable bonds is 8. The molecule has 1 spiro atoms. The number of hydrogen-bond acceptors (Lipinski definition) is 4. The van der Waals surface area contributed by atoms with Crippen LogP contribution in [0.5, 0.6) is 5.75 Å². The minimum absolute atomic E-state index is 0.0819. The van der Waals surface area contributed by atoms with E-state index in [1.54, 1.807) is 5.56 Å². The number of nitrogens with one attached hydrogen (secondary N) is 1. The van der Waals surface area contributed by atoms with Crippen LogP contribution in [0, 0.1) is 26.2 Å². The summed E-state index contributed by atoms with van der Waals surface area (Å²) in [5, 5.41) is 22.3. The molecule has 2 aliphatic rings. The molecule has 0 radical (unpaired) electrons. The van der Waals surface area contributed by atoms with Crippen LogP contribution < -0.4 is 10.1 Å². The van der Waals surface area contributed by atoms with Gasteiger partial charge in [-0.2, -0.15) is 0 Å². The lowest BCUT2D eigenvalue weighted by Gasteiger charge is -2.18. The Morgan fingerprint density at radius 2 is 1.71 bits per heavy atom. The summed E-state index contributed by atoms with van der Waals surface area (Å²) < 4.78 is 5.68. The van der Waals surface area contributed by atoms with Crippen LogP contribution in [0.25, 0.3) is 11.1 Å². The zero-order valence-electron chi connectivity index (χ0n) is 20.4. The fourth-order valence-corrected chi connectivity index (χ4v) is 5.49. The summed E-state index contributed by atoms with van der Waals surface area (Å²) in [5.41, 5.74) is 12.2. The zero-order valence-corrected chi connectivity index (χ0v) is 20.4. The van der Waals surface area contributed by atoms with Crippen LogP contribution in [0.15, 0.2) is 48.5 Å². The number of benzene rings is 3. The van der Waals surface area contributed by atoms with E-state index in [4.69, 9.17) is 9.84 Å². The standard InChI is InChI=1S/C30H35NO3/c1-19-11-27(34-18-26(33)17-32)12-20(2)29(19)28-6-4-5-23(21(28)3)16-31-25-8-7-22-14-30(9-10-30)15-24(22)13-25/h4-8,11-13,26,31-33H,9-10,14-18H2,1-3H3/t26-/m1/s1. The Hall–Kier alpha value is -2.82. The van der Waals surface area contributed by atoms with Crippen molar-refractivity contribution in [3.05, 3.63) is 81.9 Å². The molecule has 34 heavy (non-hydrogen) atoms. The van der Waals surface area contributed by atoms with Crippen LogP contribution in [-0.4, -0.2) is 29.5 Å². The highest BCUT2D eigenvalue weighted by molar-refractivity contribution is 5.75. The van der Waals surface area contributed by atoms with Crippen molar-refractivity contribution >= 4 is 5.69 Å². The van der Waals surface area contributed by atoms with Gasteiger partial charge in [0.15, 0.2) is 0 Å². The summed E-state index contributed by atoms with van der Waals surface area (Å²) in [6, 6.07) is 17.5. The minimum Gasteiger partial charge on any atom is -0.491 e. The van der Waals surface area contributed by atoms with Gasteiger partial charge in [0, 0.05) is 12.2 Å². The van der Waals surface area contributed by atoms with Gasteiger partial charge in [-0.05, 0) is 121 Å². The lowest BCUT2D eigenvalue weighted by Crippen LogP contribution is -2.21. The van der Waals surface area contributed by atoms with Crippen molar-refractivity contribution in [3.63, 3.8) is 0 Å². The lowest BCUT2D eigenvalue weighted by atomic mass is 9.90. The normalized spacial score (nSPS) is 16.4. The molecule has 3 aromatic rings. The number of aryl methyl sites for hydroxylation is 2. The quantitative estimate of drug-likeness (QED) is 0.418. The van der Waals surface area contributed by atoms with Crippen LogP contribution in [-0.2, 0) is 19.4 Å². The van der Waals surface area contributed by atoms with Gasteiger partial charge in [-0.3, -0.25) is 0 Å². The molecule has 2 aliphatic carbocycles. The molecule has 3 N–H and O–H groups in total. The molecule has 0 saturated heterocycles. The first-order valence-corrected chi connectivity index (χ1v) is 12.3. The molecule has 5 rings (SSSR count). The summed E-state index contributed by atoms with van der Waals surface area (Å²) in [6.07, 6.45) is 4.45. The smallest absolute Gasteiger partial charge is 0.120 e. The highest BCUT2D eigenvalue weighted by Gasteiger charge is 2.46. The van der Waals surface area contributed by atoms with E-state index in [1.807, 2.05) is 12.1 Å². The van der Waals surface area contributed by atoms with Gasteiger partial charge in [-0.15, -0.1) is 0 Å². The Kier molecular flexibility index (Phi) is 6.13. The fourth-order valence-electron chi connectivity index (χ4n) is 5.49. The van der Waals surface area contributed by atoms with Crippen LogP contribution in [0.1, 0.15) is 46.2 Å². The molecular weight excluding hydrogens is 422 g/mol. The van der Waals surface area contributed by atoms with Gasteiger partial charge < -0.3 is 20.3 Å². The molecule has 1 fully saturated rings. The second kappa shape index (κ2) is 9.09. The second-order valence-electron chi connectivity index (χ2n) is 10.4. The van der Waals surface area contributed by atoms with Crippen molar-refractivity contribution in [1.82, 2.24) is 0 Å². The summed E-state index contributed by atoms with van der Waals surface area (Å²) in [4.78, 5) is 0. The monoisotopic (exact) mass is 457 g/mol. The van der Waals surface area contributed by atoms with Gasteiger partial charge >= 0.3 is 0 Å². The highest BCUT2D eigenvalue weighted by Crippen LogP contribution is 2.55. The molecular formula is C30H35NO3. The second-order valence-corrected chi connectivity index (χ2v) is 10.4. The van der Waals surface area contributed by atoms with Gasteiger partial charge in [0.05, 0.1) is 6.61 Å². The third kappa shape index (κ3) is 4.57. The van der Waals surface area contributed by atoms with Crippen molar-refractivity contribution in [1.29, 1.82) is 0 Å². The van der Waals surface area contributed by atoms with Gasteiger partial charge in [0.1, 0.15) is 18.5 Å². The predicted octanol–water partition coefficient (Wildman–Crippen LogP) is 5.50. The highest BCUT2D eigenvalue weighted by atomic mass is 16.5. The van der Waals surface area contributed by atoms with Crippen molar-refractivity contribution < 1.29 is 14.9 Å². The largest absolute Gasteiger partial charge is 0.491 e. The van der Waals surface area contributed by atoms with Gasteiger partial charge in [-0.1, -0.05) is 24.3 Å². The number of aliphatic hydroxyl groups excluding tert-OH is 2. The van der Waals surface area contributed by atoms with Crippen LogP contribution >= 0.6 is 0 Å². The van der Waals surface area contributed by atoms with E-state index in [1.165, 1.54) is 59.2 Å². The Morgan fingerprint density at radius 3 is 2.41 bits per heavy atom. The summed E-state index contributed by atoms with van der Waals surface area (Å²) in [6.45, 7) is 6.97. The van der Waals surface area contributed by atoms with Crippen molar-refractivity contribution in [2.75, 3.05) is 18.5 Å². The van der Waals surface area contributed by atoms with Crippen molar-refractivity contribution in [3.8, 4) is 16.9 Å². The first-order chi connectivity index (χ1) is 16.4. The lowest BCUT2D eigenvalue weighted by molar-refractivity contribution is 0.0536. The SMILES string of the molecule is Cc1cc(OC[C@H](O)CO)cc(C)c1-c1cccc(CNc2ccc3c(c2)CC2(CC2)C3)c1C. The Morgan fingerprint density at radius 1 is 0.971 bits per heavy atom. The molecule has 0 aromatic heterocycles. The van der Waals surface area contributed by atoms with Crippen molar-refractivity contribution in [2.24, 2.45) is 5.41 Å². The third-order valence-corrected chi connectivity index (χ3v) is 7.65. The number of hydrogen-bond donors (Lipinski definition) is 3. The van der Waals surface area contributed by atoms with Crippen LogP contribution in [0.3, 0.4) is 0 Å². The van der Waals surface area contributed by atoms with E-state index in [0.717, 1.165) is 17.7 Å². The summed E-state index contributed by atoms with van der Waals surface area (Å²) >= 11 is 0. The topological polar surface area (TPSA) is 61.7 Å². The molecule has 3 aromatic carbocycles. The maximum Gasteiger partial charge on any atom is 0.120 e.